The van der Waals surface area contributed by atoms with E-state index in [0.717, 1.165) is 31.0 Å². The highest BCUT2D eigenvalue weighted by Gasteiger charge is 2.24. The number of anilines is 1. The second-order valence-corrected chi connectivity index (χ2v) is 6.23. The van der Waals surface area contributed by atoms with Gasteiger partial charge in [0.15, 0.2) is 0 Å². The van der Waals surface area contributed by atoms with Crippen molar-refractivity contribution in [3.05, 3.63) is 24.4 Å². The van der Waals surface area contributed by atoms with Gasteiger partial charge in [0.25, 0.3) is 0 Å². The minimum absolute atomic E-state index is 0.0585. The Hall–Kier alpha value is -2.22. The van der Waals surface area contributed by atoms with Gasteiger partial charge in [0.2, 0.25) is 5.91 Å². The molecule has 2 aromatic heterocycles. The Bertz CT molecular complexity index is 675. The first-order valence-electron chi connectivity index (χ1n) is 8.01. The molecule has 1 aliphatic rings. The van der Waals surface area contributed by atoms with Gasteiger partial charge in [0.1, 0.15) is 18.0 Å². The molecule has 0 saturated heterocycles. The molecule has 2 atom stereocenters. The van der Waals surface area contributed by atoms with Crippen LogP contribution < -0.4 is 10.6 Å². The van der Waals surface area contributed by atoms with Crippen LogP contribution >= 0.6 is 0 Å². The van der Waals surface area contributed by atoms with Crippen LogP contribution in [0.1, 0.15) is 39.1 Å². The summed E-state index contributed by atoms with van der Waals surface area (Å²) in [5, 5.41) is 14.7. The Labute approximate surface area is 135 Å². The smallest absolute Gasteiger partial charge is 0.242 e. The van der Waals surface area contributed by atoms with Crippen molar-refractivity contribution in [1.29, 1.82) is 0 Å². The molecule has 0 aliphatic carbocycles. The molecule has 8 heteroatoms. The molecule has 23 heavy (non-hydrogen) atoms. The number of carbonyl (C=O) groups is 1. The zero-order valence-electron chi connectivity index (χ0n) is 13.7. The molecule has 2 N–H and O–H groups in total. The van der Waals surface area contributed by atoms with Gasteiger partial charge in [-0.3, -0.25) is 4.79 Å². The third-order valence-corrected chi connectivity index (χ3v) is 4.10. The summed E-state index contributed by atoms with van der Waals surface area (Å²) in [6, 6.07) is 1.94. The van der Waals surface area contributed by atoms with Gasteiger partial charge >= 0.3 is 0 Å². The lowest BCUT2D eigenvalue weighted by atomic mass is 10.1. The lowest BCUT2D eigenvalue weighted by Crippen LogP contribution is -2.47. The molecule has 3 rings (SSSR count). The second kappa shape index (κ2) is 6.49. The first kappa shape index (κ1) is 15.7. The van der Waals surface area contributed by atoms with E-state index in [9.17, 15) is 4.79 Å². The Balaban J connectivity index is 1.57. The largest absolute Gasteiger partial charge is 0.310 e. The van der Waals surface area contributed by atoms with Crippen molar-refractivity contribution in [3.8, 4) is 0 Å². The number of hydrogen-bond acceptors (Lipinski definition) is 5. The summed E-state index contributed by atoms with van der Waals surface area (Å²) in [6.07, 6.45) is 5.12. The number of aromatic nitrogens is 5. The fourth-order valence-electron chi connectivity index (χ4n) is 2.86. The normalized spacial score (nSPS) is 18.7. The zero-order chi connectivity index (χ0) is 16.4. The van der Waals surface area contributed by atoms with Crippen LogP contribution in [0, 0.1) is 0 Å². The lowest BCUT2D eigenvalue weighted by molar-refractivity contribution is -0.118. The van der Waals surface area contributed by atoms with Crippen molar-refractivity contribution in [3.63, 3.8) is 0 Å². The Kier molecular flexibility index (Phi) is 4.42. The monoisotopic (exact) mass is 317 g/mol. The van der Waals surface area contributed by atoms with Crippen molar-refractivity contribution in [2.75, 3.05) is 5.32 Å². The predicted molar refractivity (Wildman–Crippen MR) is 86.0 cm³/mol. The summed E-state index contributed by atoms with van der Waals surface area (Å²) >= 11 is 0. The van der Waals surface area contributed by atoms with Crippen LogP contribution in [0.4, 0.5) is 5.82 Å². The van der Waals surface area contributed by atoms with Crippen LogP contribution in [0.5, 0.6) is 0 Å². The van der Waals surface area contributed by atoms with Gasteiger partial charge in [0.05, 0.1) is 18.8 Å². The number of rotatable bonds is 5. The summed E-state index contributed by atoms with van der Waals surface area (Å²) in [5.74, 6) is 1.68. The molecular formula is C15H23N7O. The van der Waals surface area contributed by atoms with Crippen molar-refractivity contribution < 1.29 is 4.79 Å². The molecule has 3 heterocycles. The zero-order valence-corrected chi connectivity index (χ0v) is 13.7. The van der Waals surface area contributed by atoms with Crippen LogP contribution in [0.2, 0.25) is 0 Å². The number of amides is 1. The summed E-state index contributed by atoms with van der Waals surface area (Å²) in [6.45, 7) is 6.68. The molecule has 0 radical (unpaired) electrons. The first-order valence-corrected chi connectivity index (χ1v) is 8.01. The molecule has 124 valence electrons. The number of hydrogen-bond donors (Lipinski definition) is 2. The molecule has 0 bridgehead atoms. The minimum atomic E-state index is -0.291. The molecule has 0 fully saturated rings. The van der Waals surface area contributed by atoms with E-state index in [4.69, 9.17) is 0 Å². The van der Waals surface area contributed by atoms with Crippen molar-refractivity contribution >= 4 is 11.7 Å². The maximum Gasteiger partial charge on any atom is 0.242 e. The van der Waals surface area contributed by atoms with E-state index in [1.807, 2.05) is 31.5 Å². The molecule has 0 spiro atoms. The number of fused-ring (bicyclic) bond motifs is 1. The standard InChI is InChI=1S/C15H23N7O/c1-10(2)22-14(6-7-17-22)20-15(23)11(3)19-12-4-5-13-16-9-18-21(13)8-12/h6-7,9-12,19H,4-5,8H2,1-3H3,(H,20,23)/t11-,12+/m1/s1. The van der Waals surface area contributed by atoms with Gasteiger partial charge in [-0.25, -0.2) is 14.3 Å². The Morgan fingerprint density at radius 3 is 2.96 bits per heavy atom. The number of nitrogens with one attached hydrogen (secondary N) is 2. The fourth-order valence-corrected chi connectivity index (χ4v) is 2.86. The fraction of sp³-hybridized carbons (Fsp3) is 0.600. The van der Waals surface area contributed by atoms with Crippen molar-refractivity contribution in [2.45, 2.75) is 58.3 Å². The molecule has 0 unspecified atom stereocenters. The molecule has 0 saturated carbocycles. The summed E-state index contributed by atoms with van der Waals surface area (Å²) in [7, 11) is 0. The highest BCUT2D eigenvalue weighted by Crippen LogP contribution is 2.14. The summed E-state index contributed by atoms with van der Waals surface area (Å²) < 4.78 is 3.70. The van der Waals surface area contributed by atoms with E-state index in [2.05, 4.69) is 25.8 Å². The molecule has 1 aliphatic heterocycles. The molecule has 1 amide bonds. The van der Waals surface area contributed by atoms with Gasteiger partial charge in [0, 0.05) is 24.6 Å². The van der Waals surface area contributed by atoms with E-state index in [-0.39, 0.29) is 24.0 Å². The lowest BCUT2D eigenvalue weighted by Gasteiger charge is -2.26. The summed E-state index contributed by atoms with van der Waals surface area (Å²) in [5.41, 5.74) is 0. The van der Waals surface area contributed by atoms with Crippen LogP contribution in [-0.2, 0) is 17.8 Å². The van der Waals surface area contributed by atoms with Gasteiger partial charge in [-0.15, -0.1) is 0 Å². The predicted octanol–water partition coefficient (Wildman–Crippen LogP) is 0.987. The number of carbonyl (C=O) groups excluding carboxylic acids is 1. The van der Waals surface area contributed by atoms with Gasteiger partial charge in [-0.05, 0) is 27.2 Å². The van der Waals surface area contributed by atoms with E-state index < -0.39 is 0 Å². The third kappa shape index (κ3) is 3.42. The van der Waals surface area contributed by atoms with Crippen LogP contribution in [0.3, 0.4) is 0 Å². The van der Waals surface area contributed by atoms with E-state index >= 15 is 0 Å². The topological polar surface area (TPSA) is 89.7 Å². The average Bonchev–Trinajstić information content (AvgIpc) is 3.15. The van der Waals surface area contributed by atoms with E-state index in [0.29, 0.717) is 0 Å². The Morgan fingerprint density at radius 2 is 2.17 bits per heavy atom. The third-order valence-electron chi connectivity index (χ3n) is 4.10. The van der Waals surface area contributed by atoms with Crippen molar-refractivity contribution in [2.24, 2.45) is 0 Å². The maximum absolute atomic E-state index is 12.4. The van der Waals surface area contributed by atoms with Crippen LogP contribution in [0.25, 0.3) is 0 Å². The number of aryl methyl sites for hydroxylation is 1. The molecular weight excluding hydrogens is 294 g/mol. The highest BCUT2D eigenvalue weighted by molar-refractivity contribution is 5.93. The average molecular weight is 317 g/mol. The summed E-state index contributed by atoms with van der Waals surface area (Å²) in [4.78, 5) is 16.6. The quantitative estimate of drug-likeness (QED) is 0.858. The van der Waals surface area contributed by atoms with Crippen LogP contribution in [-0.4, -0.2) is 42.5 Å². The van der Waals surface area contributed by atoms with Gasteiger partial charge in [-0.2, -0.15) is 10.2 Å². The first-order chi connectivity index (χ1) is 11.0. The number of nitrogens with zero attached hydrogens (tertiary/aromatic N) is 5. The van der Waals surface area contributed by atoms with Gasteiger partial charge in [-0.1, -0.05) is 0 Å². The molecule has 8 nitrogen and oxygen atoms in total. The van der Waals surface area contributed by atoms with Crippen molar-refractivity contribution in [1.82, 2.24) is 29.9 Å². The van der Waals surface area contributed by atoms with E-state index in [1.54, 1.807) is 17.2 Å². The molecule has 0 aromatic carbocycles. The Morgan fingerprint density at radius 1 is 1.35 bits per heavy atom. The minimum Gasteiger partial charge on any atom is -0.310 e. The van der Waals surface area contributed by atoms with Gasteiger partial charge < -0.3 is 10.6 Å². The second-order valence-electron chi connectivity index (χ2n) is 6.23. The van der Waals surface area contributed by atoms with E-state index in [1.165, 1.54) is 0 Å². The maximum atomic E-state index is 12.4. The molecule has 2 aromatic rings. The highest BCUT2D eigenvalue weighted by atomic mass is 16.2. The SMILES string of the molecule is CC(C)n1nccc1NC(=O)[C@@H](C)N[C@H]1CCc2ncnn2C1. The van der Waals surface area contributed by atoms with Crippen LogP contribution in [0.15, 0.2) is 18.6 Å².